The van der Waals surface area contributed by atoms with Crippen molar-refractivity contribution in [2.24, 2.45) is 0 Å². The van der Waals surface area contributed by atoms with E-state index in [1.165, 1.54) is 47.7 Å². The van der Waals surface area contributed by atoms with E-state index in [2.05, 4.69) is 20.7 Å². The summed E-state index contributed by atoms with van der Waals surface area (Å²) in [6.45, 7) is -0.325. The third-order valence-electron chi connectivity index (χ3n) is 3.77. The van der Waals surface area contributed by atoms with Crippen LogP contribution < -0.4 is 10.6 Å². The molecule has 150 valence electrons. The normalized spacial score (nSPS) is 11.1. The molecular weight excluding hydrogens is 393 g/mol. The fourth-order valence-electron chi connectivity index (χ4n) is 2.45. The van der Waals surface area contributed by atoms with Crippen molar-refractivity contribution in [2.45, 2.75) is 6.18 Å². The minimum atomic E-state index is -4.60. The highest BCUT2D eigenvalue weighted by Crippen LogP contribution is 2.33. The number of aromatic nitrogens is 3. The highest BCUT2D eigenvalue weighted by molar-refractivity contribution is 5.95. The molecule has 0 radical (unpaired) electrons. The molecular formula is C17H13F3N6O3. The maximum atomic E-state index is 13.0. The number of nitrogens with zero attached hydrogens (tertiary/aromatic N) is 4. The third kappa shape index (κ3) is 4.86. The van der Waals surface area contributed by atoms with Crippen molar-refractivity contribution in [3.05, 3.63) is 70.8 Å². The smallest absolute Gasteiger partial charge is 0.376 e. The molecule has 12 heteroatoms. The van der Waals surface area contributed by atoms with Crippen molar-refractivity contribution in [1.82, 2.24) is 14.8 Å². The molecule has 9 nitrogen and oxygen atoms in total. The molecule has 0 saturated heterocycles. The molecule has 0 aliphatic rings. The standard InChI is InChI=1S/C17H13F3N6O3/c18-17(19,20)11-4-5-15(25-10-21-9-23-25)14(6-11)24-16(27)8-22-12-2-1-3-13(7-12)26(28)29/h1-7,9-10,22H,8H2,(H,24,27). The number of amides is 1. The number of nitro benzene ring substituents is 1. The Kier molecular flexibility index (Phi) is 5.43. The summed E-state index contributed by atoms with van der Waals surface area (Å²) in [7, 11) is 0. The summed E-state index contributed by atoms with van der Waals surface area (Å²) < 4.78 is 40.3. The molecule has 3 rings (SSSR count). The van der Waals surface area contributed by atoms with Crippen LogP contribution >= 0.6 is 0 Å². The maximum Gasteiger partial charge on any atom is 0.416 e. The molecule has 0 bridgehead atoms. The molecule has 0 aliphatic heterocycles. The van der Waals surface area contributed by atoms with Gasteiger partial charge in [-0.05, 0) is 24.3 Å². The predicted octanol–water partition coefficient (Wildman–Crippen LogP) is 3.24. The summed E-state index contributed by atoms with van der Waals surface area (Å²) in [5, 5.41) is 19.7. The predicted molar refractivity (Wildman–Crippen MR) is 96.6 cm³/mol. The van der Waals surface area contributed by atoms with Gasteiger partial charge in [-0.1, -0.05) is 6.07 Å². The van der Waals surface area contributed by atoms with Crippen LogP contribution in [0.25, 0.3) is 5.69 Å². The molecule has 29 heavy (non-hydrogen) atoms. The lowest BCUT2D eigenvalue weighted by Crippen LogP contribution is -2.23. The number of hydrogen-bond acceptors (Lipinski definition) is 6. The first-order valence-electron chi connectivity index (χ1n) is 8.08. The number of benzene rings is 2. The zero-order valence-electron chi connectivity index (χ0n) is 14.6. The molecule has 0 saturated carbocycles. The van der Waals surface area contributed by atoms with Gasteiger partial charge in [-0.15, -0.1) is 0 Å². The van der Waals surface area contributed by atoms with E-state index < -0.39 is 22.6 Å². The molecule has 0 atom stereocenters. The number of carbonyl (C=O) groups excluding carboxylic acids is 1. The zero-order chi connectivity index (χ0) is 21.0. The number of anilines is 2. The first-order valence-corrected chi connectivity index (χ1v) is 8.08. The molecule has 1 amide bonds. The van der Waals surface area contributed by atoms with E-state index >= 15 is 0 Å². The van der Waals surface area contributed by atoms with Crippen molar-refractivity contribution in [3.63, 3.8) is 0 Å². The van der Waals surface area contributed by atoms with Gasteiger partial charge in [0.15, 0.2) is 0 Å². The van der Waals surface area contributed by atoms with Gasteiger partial charge in [0.2, 0.25) is 5.91 Å². The molecule has 2 N–H and O–H groups in total. The lowest BCUT2D eigenvalue weighted by molar-refractivity contribution is -0.384. The SMILES string of the molecule is O=C(CNc1cccc([N+](=O)[O-])c1)Nc1cc(C(F)(F)F)ccc1-n1cncn1. The van der Waals surface area contributed by atoms with Gasteiger partial charge < -0.3 is 10.6 Å². The highest BCUT2D eigenvalue weighted by Gasteiger charge is 2.31. The average Bonchev–Trinajstić information content (AvgIpc) is 3.20. The van der Waals surface area contributed by atoms with E-state index in [9.17, 15) is 28.1 Å². The quantitative estimate of drug-likeness (QED) is 0.480. The molecule has 1 aromatic heterocycles. The maximum absolute atomic E-state index is 13.0. The van der Waals surface area contributed by atoms with Crippen LogP contribution in [0.3, 0.4) is 0 Å². The van der Waals surface area contributed by atoms with Crippen LogP contribution in [0.15, 0.2) is 55.1 Å². The van der Waals surface area contributed by atoms with E-state index in [-0.39, 0.29) is 23.6 Å². The van der Waals surface area contributed by atoms with E-state index in [4.69, 9.17) is 0 Å². The molecule has 0 spiro atoms. The van der Waals surface area contributed by atoms with Crippen LogP contribution in [0.1, 0.15) is 5.56 Å². The van der Waals surface area contributed by atoms with Crippen LogP contribution in [0, 0.1) is 10.1 Å². The fraction of sp³-hybridized carbons (Fsp3) is 0.118. The van der Waals surface area contributed by atoms with Crippen molar-refractivity contribution in [2.75, 3.05) is 17.2 Å². The van der Waals surface area contributed by atoms with Gasteiger partial charge in [-0.2, -0.15) is 18.3 Å². The topological polar surface area (TPSA) is 115 Å². The van der Waals surface area contributed by atoms with Crippen molar-refractivity contribution < 1.29 is 22.9 Å². The van der Waals surface area contributed by atoms with Crippen molar-refractivity contribution in [1.29, 1.82) is 0 Å². The second-order valence-corrected chi connectivity index (χ2v) is 5.78. The van der Waals surface area contributed by atoms with Gasteiger partial charge in [0.25, 0.3) is 5.69 Å². The Morgan fingerprint density at radius 3 is 2.66 bits per heavy atom. The first-order chi connectivity index (χ1) is 13.7. The van der Waals surface area contributed by atoms with E-state index in [0.717, 1.165) is 12.1 Å². The van der Waals surface area contributed by atoms with Crippen LogP contribution in [-0.2, 0) is 11.0 Å². The van der Waals surface area contributed by atoms with Crippen LogP contribution in [0.4, 0.5) is 30.2 Å². The molecule has 0 aliphatic carbocycles. The second-order valence-electron chi connectivity index (χ2n) is 5.78. The molecule has 3 aromatic rings. The van der Waals surface area contributed by atoms with Crippen LogP contribution in [0.2, 0.25) is 0 Å². The van der Waals surface area contributed by atoms with Crippen molar-refractivity contribution in [3.8, 4) is 5.69 Å². The number of alkyl halides is 3. The summed E-state index contributed by atoms with van der Waals surface area (Å²) in [6, 6.07) is 8.31. The Morgan fingerprint density at radius 1 is 1.21 bits per heavy atom. The van der Waals surface area contributed by atoms with Gasteiger partial charge in [-0.3, -0.25) is 14.9 Å². The molecule has 0 fully saturated rings. The molecule has 1 heterocycles. The fourth-order valence-corrected chi connectivity index (χ4v) is 2.45. The minimum Gasteiger partial charge on any atom is -0.376 e. The summed E-state index contributed by atoms with van der Waals surface area (Å²) >= 11 is 0. The average molecular weight is 406 g/mol. The second kappa shape index (κ2) is 7.96. The van der Waals surface area contributed by atoms with E-state index in [1.807, 2.05) is 0 Å². The lowest BCUT2D eigenvalue weighted by atomic mass is 10.1. The Labute approximate surface area is 161 Å². The highest BCUT2D eigenvalue weighted by atomic mass is 19.4. The Hall–Kier alpha value is -3.96. The Balaban J connectivity index is 1.78. The first kappa shape index (κ1) is 19.8. The number of nitrogens with one attached hydrogen (secondary N) is 2. The van der Waals surface area contributed by atoms with Crippen LogP contribution in [-0.4, -0.2) is 32.1 Å². The Morgan fingerprint density at radius 2 is 2.00 bits per heavy atom. The molecule has 0 unspecified atom stereocenters. The zero-order valence-corrected chi connectivity index (χ0v) is 14.6. The number of rotatable bonds is 6. The Bertz CT molecular complexity index is 1040. The summed E-state index contributed by atoms with van der Waals surface area (Å²) in [5.74, 6) is -0.655. The summed E-state index contributed by atoms with van der Waals surface area (Å²) in [4.78, 5) is 26.2. The monoisotopic (exact) mass is 406 g/mol. The van der Waals surface area contributed by atoms with Gasteiger partial charge in [0, 0.05) is 17.8 Å². The van der Waals surface area contributed by atoms with Gasteiger partial charge >= 0.3 is 6.18 Å². The number of halogens is 3. The van der Waals surface area contributed by atoms with Gasteiger partial charge in [0.05, 0.1) is 28.4 Å². The van der Waals surface area contributed by atoms with Crippen molar-refractivity contribution >= 4 is 23.0 Å². The number of carbonyl (C=O) groups is 1. The van der Waals surface area contributed by atoms with Crippen LogP contribution in [0.5, 0.6) is 0 Å². The summed E-state index contributed by atoms with van der Waals surface area (Å²) in [5.41, 5.74) is -0.713. The lowest BCUT2D eigenvalue weighted by Gasteiger charge is -2.15. The van der Waals surface area contributed by atoms with E-state index in [0.29, 0.717) is 5.69 Å². The van der Waals surface area contributed by atoms with E-state index in [1.54, 1.807) is 0 Å². The molecule has 2 aromatic carbocycles. The number of nitro groups is 1. The largest absolute Gasteiger partial charge is 0.416 e. The van der Waals surface area contributed by atoms with Gasteiger partial charge in [0.1, 0.15) is 12.7 Å². The van der Waals surface area contributed by atoms with Gasteiger partial charge in [-0.25, -0.2) is 9.67 Å². The number of hydrogen-bond donors (Lipinski definition) is 2. The minimum absolute atomic E-state index is 0.115. The number of non-ortho nitro benzene ring substituents is 1. The summed E-state index contributed by atoms with van der Waals surface area (Å²) in [6.07, 6.45) is -2.12. The third-order valence-corrected chi connectivity index (χ3v) is 3.77.